The third-order valence-electron chi connectivity index (χ3n) is 6.23. The van der Waals surface area contributed by atoms with Gasteiger partial charge in [-0.05, 0) is 37.1 Å². The highest BCUT2D eigenvalue weighted by molar-refractivity contribution is 5.99. The lowest BCUT2D eigenvalue weighted by molar-refractivity contribution is 0.100. The van der Waals surface area contributed by atoms with E-state index >= 15 is 0 Å². The summed E-state index contributed by atoms with van der Waals surface area (Å²) in [6.45, 7) is 6.35. The molecule has 7 nitrogen and oxygen atoms in total. The smallest absolute Gasteiger partial charge is 0.254 e. The van der Waals surface area contributed by atoms with Crippen molar-refractivity contribution in [1.29, 1.82) is 0 Å². The normalized spacial score (nSPS) is 23.4. The largest absolute Gasteiger partial charge is 0.365 e. The first-order valence-electron chi connectivity index (χ1n) is 10.5. The van der Waals surface area contributed by atoms with Gasteiger partial charge in [-0.25, -0.2) is 9.40 Å². The van der Waals surface area contributed by atoms with Crippen molar-refractivity contribution in [2.45, 2.75) is 64.0 Å². The molecule has 2 fully saturated rings. The molecule has 1 aliphatic carbocycles. The Morgan fingerprint density at radius 1 is 1.17 bits per heavy atom. The van der Waals surface area contributed by atoms with Gasteiger partial charge in [-0.15, -0.1) is 0 Å². The maximum absolute atomic E-state index is 13.6. The number of rotatable bonds is 4. The first kappa shape index (κ1) is 19.1. The second kappa shape index (κ2) is 6.57. The van der Waals surface area contributed by atoms with Gasteiger partial charge >= 0.3 is 0 Å². The van der Waals surface area contributed by atoms with Crippen LogP contribution in [0.2, 0.25) is 0 Å². The minimum Gasteiger partial charge on any atom is -0.365 e. The summed E-state index contributed by atoms with van der Waals surface area (Å²) in [7, 11) is 0. The van der Waals surface area contributed by atoms with E-state index in [1.165, 1.54) is 44.0 Å². The molecule has 1 saturated carbocycles. The SMILES string of the molecule is CC(C)(C)c1c(NN2C3CCCCC32)n2ncc(C(N)=O)c2n1-c1ccc(F)cc1. The van der Waals surface area contributed by atoms with Crippen molar-refractivity contribution in [2.75, 3.05) is 5.43 Å². The molecule has 0 bridgehead atoms. The topological polar surface area (TPSA) is 80.4 Å². The van der Waals surface area contributed by atoms with Crippen LogP contribution in [0.3, 0.4) is 0 Å². The van der Waals surface area contributed by atoms with Crippen LogP contribution in [0.15, 0.2) is 30.5 Å². The predicted octanol–water partition coefficient (Wildman–Crippen LogP) is 3.61. The Morgan fingerprint density at radius 2 is 1.80 bits per heavy atom. The van der Waals surface area contributed by atoms with Crippen LogP contribution in [0, 0.1) is 5.82 Å². The molecule has 1 aliphatic heterocycles. The van der Waals surface area contributed by atoms with E-state index < -0.39 is 5.91 Å². The summed E-state index contributed by atoms with van der Waals surface area (Å²) in [5, 5.41) is 6.81. The number of hydrogen-bond donors (Lipinski definition) is 2. The number of benzene rings is 1. The first-order chi connectivity index (χ1) is 14.3. The van der Waals surface area contributed by atoms with Gasteiger partial charge in [0.05, 0.1) is 11.9 Å². The number of nitrogens with one attached hydrogen (secondary N) is 1. The highest BCUT2D eigenvalue weighted by Gasteiger charge is 2.49. The number of nitrogens with two attached hydrogens (primary N) is 1. The number of halogens is 1. The fraction of sp³-hybridized carbons (Fsp3) is 0.455. The summed E-state index contributed by atoms with van der Waals surface area (Å²) in [6.07, 6.45) is 6.40. The Balaban J connectivity index is 1.74. The van der Waals surface area contributed by atoms with E-state index in [1.54, 1.807) is 16.6 Å². The molecule has 30 heavy (non-hydrogen) atoms. The summed E-state index contributed by atoms with van der Waals surface area (Å²) < 4.78 is 17.4. The second-order valence-electron chi connectivity index (χ2n) is 9.36. The minimum atomic E-state index is -0.543. The van der Waals surface area contributed by atoms with Crippen LogP contribution in [0.1, 0.15) is 62.5 Å². The maximum Gasteiger partial charge on any atom is 0.254 e. The number of anilines is 1. The fourth-order valence-corrected chi connectivity index (χ4v) is 4.83. The minimum absolute atomic E-state index is 0.284. The highest BCUT2D eigenvalue weighted by Crippen LogP contribution is 2.43. The van der Waals surface area contributed by atoms with Crippen molar-refractivity contribution in [1.82, 2.24) is 19.2 Å². The number of fused-ring (bicyclic) bond motifs is 2. The van der Waals surface area contributed by atoms with E-state index in [2.05, 4.69) is 36.3 Å². The predicted molar refractivity (Wildman–Crippen MR) is 113 cm³/mol. The van der Waals surface area contributed by atoms with Gasteiger partial charge in [0, 0.05) is 23.2 Å². The molecule has 5 rings (SSSR count). The maximum atomic E-state index is 13.6. The Bertz CT molecular complexity index is 1110. The van der Waals surface area contributed by atoms with Gasteiger partial charge in [0.25, 0.3) is 5.91 Å². The van der Waals surface area contributed by atoms with Gasteiger partial charge in [-0.3, -0.25) is 9.36 Å². The molecule has 3 heterocycles. The van der Waals surface area contributed by atoms with Crippen LogP contribution in [0.4, 0.5) is 10.2 Å². The number of hydrazine groups is 1. The summed E-state index contributed by atoms with van der Waals surface area (Å²) in [5.41, 5.74) is 11.6. The summed E-state index contributed by atoms with van der Waals surface area (Å²) in [4.78, 5) is 12.2. The molecule has 2 aliphatic rings. The van der Waals surface area contributed by atoms with Gasteiger partial charge in [0.15, 0.2) is 11.5 Å². The molecule has 0 radical (unpaired) electrons. The van der Waals surface area contributed by atoms with Crippen molar-refractivity contribution in [3.05, 3.63) is 47.5 Å². The summed E-state index contributed by atoms with van der Waals surface area (Å²) >= 11 is 0. The van der Waals surface area contributed by atoms with Crippen LogP contribution in [-0.2, 0) is 5.41 Å². The Hall–Kier alpha value is -2.87. The molecule has 3 aromatic rings. The van der Waals surface area contributed by atoms with Crippen LogP contribution < -0.4 is 11.2 Å². The first-order valence-corrected chi connectivity index (χ1v) is 10.5. The number of imidazole rings is 1. The van der Waals surface area contributed by atoms with Crippen LogP contribution in [0.25, 0.3) is 11.3 Å². The third-order valence-corrected chi connectivity index (χ3v) is 6.23. The quantitative estimate of drug-likeness (QED) is 0.644. The van der Waals surface area contributed by atoms with E-state index in [9.17, 15) is 9.18 Å². The van der Waals surface area contributed by atoms with E-state index in [0.717, 1.165) is 17.2 Å². The Labute approximate surface area is 174 Å². The zero-order valence-corrected chi connectivity index (χ0v) is 17.5. The molecule has 8 heteroatoms. The van der Waals surface area contributed by atoms with E-state index in [4.69, 9.17) is 5.73 Å². The lowest BCUT2D eigenvalue weighted by Gasteiger charge is -2.24. The van der Waals surface area contributed by atoms with Crippen LogP contribution in [0.5, 0.6) is 0 Å². The highest BCUT2D eigenvalue weighted by atomic mass is 19.1. The number of nitrogens with zero attached hydrogens (tertiary/aromatic N) is 4. The molecule has 1 amide bonds. The summed E-state index contributed by atoms with van der Waals surface area (Å²) in [5.74, 6) is -0.0311. The zero-order chi connectivity index (χ0) is 21.2. The molecule has 2 aromatic heterocycles. The van der Waals surface area contributed by atoms with Crippen LogP contribution >= 0.6 is 0 Å². The van der Waals surface area contributed by atoms with E-state index in [-0.39, 0.29) is 11.2 Å². The molecular weight excluding hydrogens is 383 g/mol. The van der Waals surface area contributed by atoms with Gasteiger partial charge in [0.1, 0.15) is 11.4 Å². The second-order valence-corrected chi connectivity index (χ2v) is 9.36. The number of hydrogen-bond acceptors (Lipinski definition) is 4. The average molecular weight is 410 g/mol. The lowest BCUT2D eigenvalue weighted by Crippen LogP contribution is -2.22. The van der Waals surface area contributed by atoms with Gasteiger partial charge < -0.3 is 11.2 Å². The zero-order valence-electron chi connectivity index (χ0n) is 17.5. The Kier molecular flexibility index (Phi) is 4.18. The Morgan fingerprint density at radius 3 is 2.37 bits per heavy atom. The van der Waals surface area contributed by atoms with E-state index in [1.807, 2.05) is 4.57 Å². The molecule has 2 unspecified atom stereocenters. The third kappa shape index (κ3) is 2.89. The van der Waals surface area contributed by atoms with Crippen LogP contribution in [-0.4, -0.2) is 37.2 Å². The molecule has 2 atom stereocenters. The fourth-order valence-electron chi connectivity index (χ4n) is 4.83. The van der Waals surface area contributed by atoms with Crippen molar-refractivity contribution < 1.29 is 9.18 Å². The number of aromatic nitrogens is 3. The molecule has 1 saturated heterocycles. The standard InChI is InChI=1S/C22H27FN6O/c1-22(2,3)18-20(26-28-16-6-4-5-7-17(16)28)29-21(15(12-25-29)19(24)30)27(18)14-10-8-13(23)9-11-14/h8-12,16-17,26H,4-7H2,1-3H3,(H2,24,30). The number of amides is 1. The number of carbonyl (C=O) groups excluding carboxylic acids is 1. The van der Waals surface area contributed by atoms with Crippen molar-refractivity contribution in [2.24, 2.45) is 5.73 Å². The van der Waals surface area contributed by atoms with E-state index in [0.29, 0.717) is 23.3 Å². The van der Waals surface area contributed by atoms with Gasteiger partial charge in [0.2, 0.25) is 0 Å². The molecule has 1 aromatic carbocycles. The van der Waals surface area contributed by atoms with Gasteiger partial charge in [-0.2, -0.15) is 9.61 Å². The molecule has 3 N–H and O–H groups in total. The number of carbonyl (C=O) groups is 1. The monoisotopic (exact) mass is 410 g/mol. The lowest BCUT2D eigenvalue weighted by atomic mass is 9.91. The molecular formula is C22H27FN6O. The van der Waals surface area contributed by atoms with Crippen molar-refractivity contribution in [3.8, 4) is 5.69 Å². The van der Waals surface area contributed by atoms with Crippen molar-refractivity contribution >= 4 is 17.4 Å². The number of primary amides is 1. The average Bonchev–Trinajstić information content (AvgIpc) is 3.05. The molecule has 0 spiro atoms. The summed E-state index contributed by atoms with van der Waals surface area (Å²) in [6, 6.07) is 7.35. The van der Waals surface area contributed by atoms with Gasteiger partial charge in [-0.1, -0.05) is 33.6 Å². The van der Waals surface area contributed by atoms with Crippen molar-refractivity contribution in [3.63, 3.8) is 0 Å². The molecule has 158 valence electrons.